The van der Waals surface area contributed by atoms with E-state index in [1.54, 1.807) is 43.2 Å². The van der Waals surface area contributed by atoms with Gasteiger partial charge in [0.15, 0.2) is 5.82 Å². The molecule has 0 radical (unpaired) electrons. The molecule has 0 saturated heterocycles. The van der Waals surface area contributed by atoms with E-state index in [9.17, 15) is 5.11 Å². The normalized spacial score (nSPS) is 12.6. The zero-order valence-electron chi connectivity index (χ0n) is 21.8. The SMILES string of the molecule is Cc1nc2ccc(-c3cnc(C(C)(C)O)nc3)cc2c(NC(C)c2cc(-c3cnn(C)c3)ccc2F)c1Cl. The van der Waals surface area contributed by atoms with Gasteiger partial charge in [-0.2, -0.15) is 5.10 Å². The lowest BCUT2D eigenvalue weighted by atomic mass is 10.00. The van der Waals surface area contributed by atoms with Gasteiger partial charge in [0.25, 0.3) is 0 Å². The van der Waals surface area contributed by atoms with Crippen LogP contribution in [-0.4, -0.2) is 29.8 Å². The summed E-state index contributed by atoms with van der Waals surface area (Å²) in [6, 6.07) is 10.5. The average molecular weight is 531 g/mol. The molecule has 0 bridgehead atoms. The Hall–Kier alpha value is -3.88. The Balaban J connectivity index is 1.54. The Morgan fingerprint density at radius 3 is 2.34 bits per heavy atom. The summed E-state index contributed by atoms with van der Waals surface area (Å²) in [5, 5.41) is 19.1. The van der Waals surface area contributed by atoms with Crippen LogP contribution in [0.4, 0.5) is 10.1 Å². The molecular weight excluding hydrogens is 503 g/mol. The molecule has 0 aliphatic carbocycles. The fraction of sp³-hybridized carbons (Fsp3) is 0.241. The van der Waals surface area contributed by atoms with Crippen LogP contribution in [0.5, 0.6) is 0 Å². The molecule has 0 spiro atoms. The Bertz CT molecular complexity index is 1640. The summed E-state index contributed by atoms with van der Waals surface area (Å²) < 4.78 is 16.7. The predicted molar refractivity (Wildman–Crippen MR) is 148 cm³/mol. The minimum Gasteiger partial charge on any atom is -0.382 e. The number of fused-ring (bicyclic) bond motifs is 1. The quantitative estimate of drug-likeness (QED) is 0.257. The van der Waals surface area contributed by atoms with Gasteiger partial charge in [-0.25, -0.2) is 14.4 Å². The lowest BCUT2D eigenvalue weighted by Gasteiger charge is -2.21. The van der Waals surface area contributed by atoms with Gasteiger partial charge in [-0.3, -0.25) is 9.67 Å². The third-order valence-electron chi connectivity index (χ3n) is 6.49. The van der Waals surface area contributed by atoms with Crippen molar-refractivity contribution in [2.24, 2.45) is 7.05 Å². The van der Waals surface area contributed by atoms with Crippen molar-refractivity contribution in [3.05, 3.63) is 89.1 Å². The first-order valence-electron chi connectivity index (χ1n) is 12.2. The first kappa shape index (κ1) is 25.8. The highest BCUT2D eigenvalue weighted by atomic mass is 35.5. The van der Waals surface area contributed by atoms with Crippen LogP contribution in [0.15, 0.2) is 61.2 Å². The number of nitrogens with zero attached hydrogens (tertiary/aromatic N) is 5. The second-order valence-corrected chi connectivity index (χ2v) is 10.4. The number of pyridine rings is 1. The third-order valence-corrected chi connectivity index (χ3v) is 6.95. The van der Waals surface area contributed by atoms with E-state index in [0.29, 0.717) is 27.8 Å². The molecule has 1 unspecified atom stereocenters. The molecule has 38 heavy (non-hydrogen) atoms. The molecule has 3 heterocycles. The van der Waals surface area contributed by atoms with Crippen LogP contribution in [0.3, 0.4) is 0 Å². The molecule has 0 aliphatic rings. The number of hydrogen-bond acceptors (Lipinski definition) is 6. The van der Waals surface area contributed by atoms with Gasteiger partial charge >= 0.3 is 0 Å². The van der Waals surface area contributed by atoms with E-state index in [-0.39, 0.29) is 5.82 Å². The van der Waals surface area contributed by atoms with E-state index in [2.05, 4.69) is 25.4 Å². The highest BCUT2D eigenvalue weighted by Gasteiger charge is 2.20. The van der Waals surface area contributed by atoms with Crippen LogP contribution in [0.2, 0.25) is 5.02 Å². The fourth-order valence-corrected chi connectivity index (χ4v) is 4.59. The zero-order valence-corrected chi connectivity index (χ0v) is 22.5. The topological polar surface area (TPSA) is 88.8 Å². The van der Waals surface area contributed by atoms with Gasteiger partial charge < -0.3 is 10.4 Å². The van der Waals surface area contributed by atoms with Crippen molar-refractivity contribution in [2.45, 2.75) is 39.3 Å². The lowest BCUT2D eigenvalue weighted by molar-refractivity contribution is 0.0687. The Labute approximate surface area is 225 Å². The summed E-state index contributed by atoms with van der Waals surface area (Å²) >= 11 is 6.76. The van der Waals surface area contributed by atoms with E-state index in [1.165, 1.54) is 6.07 Å². The van der Waals surface area contributed by atoms with Gasteiger partial charge in [0, 0.05) is 47.7 Å². The van der Waals surface area contributed by atoms with Crippen molar-refractivity contribution in [3.63, 3.8) is 0 Å². The molecule has 0 amide bonds. The van der Waals surface area contributed by atoms with E-state index in [0.717, 1.165) is 33.2 Å². The molecule has 3 aromatic heterocycles. The number of aromatic nitrogens is 5. The van der Waals surface area contributed by atoms with Crippen molar-refractivity contribution < 1.29 is 9.50 Å². The number of benzene rings is 2. The Morgan fingerprint density at radius 2 is 1.68 bits per heavy atom. The first-order chi connectivity index (χ1) is 18.0. The average Bonchev–Trinajstić information content (AvgIpc) is 3.32. The zero-order chi connectivity index (χ0) is 27.2. The predicted octanol–water partition coefficient (Wildman–Crippen LogP) is 6.59. The lowest BCUT2D eigenvalue weighted by Crippen LogP contribution is -2.19. The van der Waals surface area contributed by atoms with Gasteiger partial charge in [-0.05, 0) is 63.1 Å². The van der Waals surface area contributed by atoms with E-state index < -0.39 is 11.6 Å². The molecule has 0 saturated carbocycles. The maximum atomic E-state index is 15.0. The molecule has 1 atom stereocenters. The minimum absolute atomic E-state index is 0.311. The van der Waals surface area contributed by atoms with Crippen molar-refractivity contribution in [1.29, 1.82) is 0 Å². The number of halogens is 2. The van der Waals surface area contributed by atoms with Crippen LogP contribution in [0.1, 0.15) is 43.9 Å². The second-order valence-electron chi connectivity index (χ2n) is 9.98. The fourth-order valence-electron chi connectivity index (χ4n) is 4.40. The third kappa shape index (κ3) is 4.97. The van der Waals surface area contributed by atoms with Crippen molar-refractivity contribution in [2.75, 3.05) is 5.32 Å². The summed E-state index contributed by atoms with van der Waals surface area (Å²) in [7, 11) is 1.85. The minimum atomic E-state index is -1.13. The van der Waals surface area contributed by atoms with Gasteiger partial charge in [0.1, 0.15) is 11.4 Å². The number of nitrogens with one attached hydrogen (secondary N) is 1. The van der Waals surface area contributed by atoms with Gasteiger partial charge in [0.05, 0.1) is 34.2 Å². The van der Waals surface area contributed by atoms with Crippen LogP contribution < -0.4 is 5.32 Å². The number of aliphatic hydroxyl groups is 1. The standard InChI is InChI=1S/C29H28ClFN6O/c1-16(22-10-19(6-8-24(22)31)21-14-34-37(5)15-21)36-27-23-11-18(7-9-25(23)35-17(2)26(27)30)20-12-32-28(33-13-20)29(3,4)38/h6-16,38H,1-5H3,(H,35,36). The number of aryl methyl sites for hydroxylation is 2. The summed E-state index contributed by atoms with van der Waals surface area (Å²) in [6.07, 6.45) is 7.01. The molecular formula is C29H28ClFN6O. The van der Waals surface area contributed by atoms with Crippen LogP contribution >= 0.6 is 11.6 Å². The molecule has 9 heteroatoms. The monoisotopic (exact) mass is 530 g/mol. The van der Waals surface area contributed by atoms with Crippen molar-refractivity contribution >= 4 is 28.2 Å². The largest absolute Gasteiger partial charge is 0.382 e. The first-order valence-corrected chi connectivity index (χ1v) is 12.6. The summed E-state index contributed by atoms with van der Waals surface area (Å²) in [6.45, 7) is 7.03. The van der Waals surface area contributed by atoms with Gasteiger partial charge in [0.2, 0.25) is 0 Å². The highest BCUT2D eigenvalue weighted by molar-refractivity contribution is 6.35. The van der Waals surface area contributed by atoms with Crippen LogP contribution in [-0.2, 0) is 12.6 Å². The van der Waals surface area contributed by atoms with Gasteiger partial charge in [-0.15, -0.1) is 0 Å². The van der Waals surface area contributed by atoms with Crippen molar-refractivity contribution in [3.8, 4) is 22.3 Å². The van der Waals surface area contributed by atoms with E-state index in [4.69, 9.17) is 11.6 Å². The molecule has 2 N–H and O–H groups in total. The smallest absolute Gasteiger partial charge is 0.159 e. The molecule has 2 aromatic carbocycles. The van der Waals surface area contributed by atoms with Gasteiger partial charge in [-0.1, -0.05) is 23.7 Å². The number of hydrogen-bond donors (Lipinski definition) is 2. The Morgan fingerprint density at radius 1 is 1.00 bits per heavy atom. The molecule has 194 valence electrons. The summed E-state index contributed by atoms with van der Waals surface area (Å²) in [4.78, 5) is 13.3. The number of rotatable bonds is 6. The second kappa shape index (κ2) is 9.78. The summed E-state index contributed by atoms with van der Waals surface area (Å²) in [5.41, 5.74) is 4.91. The van der Waals surface area contributed by atoms with Crippen molar-refractivity contribution in [1.82, 2.24) is 24.7 Å². The highest BCUT2D eigenvalue weighted by Crippen LogP contribution is 2.37. The van der Waals surface area contributed by atoms with Crippen LogP contribution in [0, 0.1) is 12.7 Å². The molecule has 5 aromatic rings. The molecule has 0 fully saturated rings. The maximum Gasteiger partial charge on any atom is 0.159 e. The number of anilines is 1. The Kier molecular flexibility index (Phi) is 6.63. The van der Waals surface area contributed by atoms with E-state index in [1.807, 2.05) is 51.4 Å². The molecule has 0 aliphatic heterocycles. The van der Waals surface area contributed by atoms with E-state index >= 15 is 4.39 Å². The van der Waals surface area contributed by atoms with Crippen LogP contribution in [0.25, 0.3) is 33.2 Å². The summed E-state index contributed by atoms with van der Waals surface area (Å²) in [5.74, 6) is 0.0303. The molecule has 5 rings (SSSR count). The maximum absolute atomic E-state index is 15.0. The molecule has 7 nitrogen and oxygen atoms in total.